The van der Waals surface area contributed by atoms with Crippen LogP contribution >= 0.6 is 0 Å². The van der Waals surface area contributed by atoms with Gasteiger partial charge < -0.3 is 10.2 Å². The summed E-state index contributed by atoms with van der Waals surface area (Å²) in [5.74, 6) is 0.659. The van der Waals surface area contributed by atoms with E-state index in [2.05, 4.69) is 4.90 Å². The molecule has 4 heteroatoms. The van der Waals surface area contributed by atoms with Gasteiger partial charge in [-0.1, -0.05) is 0 Å². The van der Waals surface area contributed by atoms with Crippen molar-refractivity contribution in [1.82, 2.24) is 4.90 Å². The second-order valence-electron chi connectivity index (χ2n) is 3.61. The molecule has 0 saturated carbocycles. The summed E-state index contributed by atoms with van der Waals surface area (Å²) in [5, 5.41) is 0. The van der Waals surface area contributed by atoms with Crippen LogP contribution in [0.4, 0.5) is 0 Å². The van der Waals surface area contributed by atoms with Crippen molar-refractivity contribution in [2.75, 3.05) is 6.54 Å². The molecule has 0 spiro atoms. The van der Waals surface area contributed by atoms with Gasteiger partial charge in [-0.05, 0) is 31.5 Å². The summed E-state index contributed by atoms with van der Waals surface area (Å²) in [5.41, 5.74) is 5.31. The molecule has 1 amide bonds. The molecule has 1 atom stereocenters. The van der Waals surface area contributed by atoms with E-state index in [-0.39, 0.29) is 11.9 Å². The summed E-state index contributed by atoms with van der Waals surface area (Å²) in [7, 11) is 0. The number of nitrogens with two attached hydrogens (primary N) is 1. The van der Waals surface area contributed by atoms with Gasteiger partial charge in [-0.3, -0.25) is 9.69 Å². The number of amides is 1. The SMILES string of the molecule is NC(=O)[C@@H]1CCCN1Cc1ccco1. The summed E-state index contributed by atoms with van der Waals surface area (Å²) in [6.45, 7) is 1.61. The van der Waals surface area contributed by atoms with E-state index in [1.54, 1.807) is 6.26 Å². The van der Waals surface area contributed by atoms with Gasteiger partial charge in [0.15, 0.2) is 0 Å². The smallest absolute Gasteiger partial charge is 0.234 e. The molecule has 1 saturated heterocycles. The van der Waals surface area contributed by atoms with Crippen LogP contribution in [0.2, 0.25) is 0 Å². The lowest BCUT2D eigenvalue weighted by Gasteiger charge is -2.20. The van der Waals surface area contributed by atoms with Crippen LogP contribution in [0.25, 0.3) is 0 Å². The molecule has 1 aromatic rings. The molecule has 0 unspecified atom stereocenters. The molecule has 1 aliphatic rings. The third kappa shape index (κ3) is 1.80. The zero-order chi connectivity index (χ0) is 9.97. The van der Waals surface area contributed by atoms with Crippen LogP contribution in [0.5, 0.6) is 0 Å². The molecule has 76 valence electrons. The predicted molar refractivity (Wildman–Crippen MR) is 51.3 cm³/mol. The molecular formula is C10H14N2O2. The van der Waals surface area contributed by atoms with Crippen LogP contribution < -0.4 is 5.73 Å². The predicted octanol–water partition coefficient (Wildman–Crippen LogP) is 0.729. The third-order valence-electron chi connectivity index (χ3n) is 2.63. The highest BCUT2D eigenvalue weighted by atomic mass is 16.3. The van der Waals surface area contributed by atoms with E-state index in [9.17, 15) is 4.79 Å². The van der Waals surface area contributed by atoms with Crippen LogP contribution in [-0.4, -0.2) is 23.4 Å². The molecule has 14 heavy (non-hydrogen) atoms. The molecule has 2 heterocycles. The van der Waals surface area contributed by atoms with Crippen molar-refractivity contribution < 1.29 is 9.21 Å². The molecule has 0 aromatic carbocycles. The van der Waals surface area contributed by atoms with Crippen LogP contribution in [0.3, 0.4) is 0 Å². The van der Waals surface area contributed by atoms with Gasteiger partial charge in [0, 0.05) is 0 Å². The van der Waals surface area contributed by atoms with Crippen molar-refractivity contribution >= 4 is 5.91 Å². The summed E-state index contributed by atoms with van der Waals surface area (Å²) in [6.07, 6.45) is 3.55. The molecule has 2 N–H and O–H groups in total. The van der Waals surface area contributed by atoms with Crippen LogP contribution in [-0.2, 0) is 11.3 Å². The van der Waals surface area contributed by atoms with Crippen molar-refractivity contribution in [3.8, 4) is 0 Å². The van der Waals surface area contributed by atoms with Crippen LogP contribution in [0.15, 0.2) is 22.8 Å². The topological polar surface area (TPSA) is 59.5 Å². The zero-order valence-electron chi connectivity index (χ0n) is 7.98. The van der Waals surface area contributed by atoms with E-state index in [4.69, 9.17) is 10.2 Å². The average Bonchev–Trinajstić information content (AvgIpc) is 2.75. The Hall–Kier alpha value is -1.29. The number of primary amides is 1. The zero-order valence-corrected chi connectivity index (χ0v) is 7.98. The Balaban J connectivity index is 2.00. The van der Waals surface area contributed by atoms with Gasteiger partial charge in [-0.2, -0.15) is 0 Å². The number of rotatable bonds is 3. The molecule has 4 nitrogen and oxygen atoms in total. The highest BCUT2D eigenvalue weighted by Crippen LogP contribution is 2.19. The Labute approximate surface area is 82.7 Å². The van der Waals surface area contributed by atoms with Crippen molar-refractivity contribution in [3.05, 3.63) is 24.2 Å². The van der Waals surface area contributed by atoms with Gasteiger partial charge in [0.05, 0.1) is 18.8 Å². The number of hydrogen-bond donors (Lipinski definition) is 1. The highest BCUT2D eigenvalue weighted by Gasteiger charge is 2.29. The third-order valence-corrected chi connectivity index (χ3v) is 2.63. The summed E-state index contributed by atoms with van der Waals surface area (Å²) < 4.78 is 5.23. The molecule has 2 rings (SSSR count). The van der Waals surface area contributed by atoms with Crippen molar-refractivity contribution in [2.45, 2.75) is 25.4 Å². The van der Waals surface area contributed by atoms with Gasteiger partial charge >= 0.3 is 0 Å². The minimum Gasteiger partial charge on any atom is -0.468 e. The van der Waals surface area contributed by atoms with E-state index in [1.165, 1.54) is 0 Å². The first-order valence-corrected chi connectivity index (χ1v) is 4.83. The number of carbonyl (C=O) groups excluding carboxylic acids is 1. The standard InChI is InChI=1S/C10H14N2O2/c11-10(13)9-4-1-5-12(9)7-8-3-2-6-14-8/h2-3,6,9H,1,4-5,7H2,(H2,11,13)/t9-/m0/s1. The first-order valence-electron chi connectivity index (χ1n) is 4.83. The molecular weight excluding hydrogens is 180 g/mol. The Morgan fingerprint density at radius 1 is 1.71 bits per heavy atom. The number of hydrogen-bond acceptors (Lipinski definition) is 3. The summed E-state index contributed by atoms with van der Waals surface area (Å²) in [6, 6.07) is 3.65. The van der Waals surface area contributed by atoms with Gasteiger partial charge in [0.2, 0.25) is 5.91 Å². The maximum atomic E-state index is 11.1. The second kappa shape index (κ2) is 3.84. The van der Waals surface area contributed by atoms with Crippen molar-refractivity contribution in [3.63, 3.8) is 0 Å². The quantitative estimate of drug-likeness (QED) is 0.771. The lowest BCUT2D eigenvalue weighted by atomic mass is 10.2. The normalized spacial score (nSPS) is 22.7. The first kappa shape index (κ1) is 9.27. The van der Waals surface area contributed by atoms with Crippen LogP contribution in [0.1, 0.15) is 18.6 Å². The molecule has 1 aromatic heterocycles. The van der Waals surface area contributed by atoms with Gasteiger partial charge in [-0.15, -0.1) is 0 Å². The summed E-state index contributed by atoms with van der Waals surface area (Å²) >= 11 is 0. The maximum Gasteiger partial charge on any atom is 0.234 e. The Kier molecular flexibility index (Phi) is 2.54. The Morgan fingerprint density at radius 3 is 3.21 bits per heavy atom. The molecule has 0 radical (unpaired) electrons. The highest BCUT2D eigenvalue weighted by molar-refractivity contribution is 5.80. The van der Waals surface area contributed by atoms with Gasteiger partial charge in [-0.25, -0.2) is 0 Å². The number of furan rings is 1. The van der Waals surface area contributed by atoms with Crippen molar-refractivity contribution in [1.29, 1.82) is 0 Å². The lowest BCUT2D eigenvalue weighted by Crippen LogP contribution is -2.39. The Morgan fingerprint density at radius 2 is 2.57 bits per heavy atom. The van der Waals surface area contributed by atoms with E-state index in [0.717, 1.165) is 25.1 Å². The second-order valence-corrected chi connectivity index (χ2v) is 3.61. The average molecular weight is 194 g/mol. The van der Waals surface area contributed by atoms with Crippen LogP contribution in [0, 0.1) is 0 Å². The lowest BCUT2D eigenvalue weighted by molar-refractivity contribution is -0.122. The molecule has 1 aliphatic heterocycles. The fourth-order valence-corrected chi connectivity index (χ4v) is 1.94. The van der Waals surface area contributed by atoms with Gasteiger partial charge in [0.1, 0.15) is 5.76 Å². The summed E-state index contributed by atoms with van der Waals surface area (Å²) in [4.78, 5) is 13.2. The van der Waals surface area contributed by atoms with E-state index in [0.29, 0.717) is 6.54 Å². The van der Waals surface area contributed by atoms with E-state index < -0.39 is 0 Å². The van der Waals surface area contributed by atoms with E-state index in [1.807, 2.05) is 12.1 Å². The first-order chi connectivity index (χ1) is 6.77. The largest absolute Gasteiger partial charge is 0.468 e. The Bertz CT molecular complexity index is 308. The number of carbonyl (C=O) groups is 1. The molecule has 0 aliphatic carbocycles. The fraction of sp³-hybridized carbons (Fsp3) is 0.500. The van der Waals surface area contributed by atoms with Gasteiger partial charge in [0.25, 0.3) is 0 Å². The van der Waals surface area contributed by atoms with Crippen molar-refractivity contribution in [2.24, 2.45) is 5.73 Å². The monoisotopic (exact) mass is 194 g/mol. The molecule has 0 bridgehead atoms. The number of likely N-dealkylation sites (tertiary alicyclic amines) is 1. The van der Waals surface area contributed by atoms with E-state index >= 15 is 0 Å². The molecule has 1 fully saturated rings. The minimum atomic E-state index is -0.228. The fourth-order valence-electron chi connectivity index (χ4n) is 1.94. The number of nitrogens with zero attached hydrogens (tertiary/aromatic N) is 1. The minimum absolute atomic E-state index is 0.111. The maximum absolute atomic E-state index is 11.1.